The van der Waals surface area contributed by atoms with E-state index in [1.807, 2.05) is 49.4 Å². The van der Waals surface area contributed by atoms with Gasteiger partial charge < -0.3 is 4.42 Å². The number of amidine groups is 1. The highest BCUT2D eigenvalue weighted by molar-refractivity contribution is 6.10. The zero-order valence-electron chi connectivity index (χ0n) is 11.0. The van der Waals surface area contributed by atoms with E-state index in [9.17, 15) is 0 Å². The third kappa shape index (κ3) is 2.01. The van der Waals surface area contributed by atoms with Crippen molar-refractivity contribution in [2.45, 2.75) is 6.92 Å². The summed E-state index contributed by atoms with van der Waals surface area (Å²) < 4.78 is 5.84. The van der Waals surface area contributed by atoms with Gasteiger partial charge in [-0.2, -0.15) is 0 Å². The Morgan fingerprint density at radius 2 is 1.90 bits per heavy atom. The minimum atomic E-state index is 0.504. The lowest BCUT2D eigenvalue weighted by atomic mass is 10.1. The highest BCUT2D eigenvalue weighted by atomic mass is 16.3. The van der Waals surface area contributed by atoms with Crippen LogP contribution in [0.1, 0.15) is 12.5 Å². The van der Waals surface area contributed by atoms with Crippen molar-refractivity contribution in [1.29, 1.82) is 5.41 Å². The van der Waals surface area contributed by atoms with Crippen molar-refractivity contribution in [2.24, 2.45) is 9.98 Å². The molecule has 0 saturated carbocycles. The summed E-state index contributed by atoms with van der Waals surface area (Å²) >= 11 is 0. The van der Waals surface area contributed by atoms with Crippen molar-refractivity contribution in [3.05, 3.63) is 48.0 Å². The number of nitrogens with one attached hydrogen (secondary N) is 1. The van der Waals surface area contributed by atoms with Crippen LogP contribution < -0.4 is 0 Å². The maximum Gasteiger partial charge on any atom is 0.160 e. The first-order valence-corrected chi connectivity index (χ1v) is 6.30. The van der Waals surface area contributed by atoms with Crippen LogP contribution in [0.25, 0.3) is 21.9 Å². The molecule has 0 aliphatic heterocycles. The smallest absolute Gasteiger partial charge is 0.160 e. The molecule has 3 aromatic rings. The number of rotatable bonds is 2. The Hall–Kier alpha value is -2.75. The Balaban J connectivity index is 2.22. The van der Waals surface area contributed by atoms with Gasteiger partial charge in [0, 0.05) is 22.6 Å². The highest BCUT2D eigenvalue weighted by Crippen LogP contribution is 2.29. The maximum atomic E-state index is 7.10. The second-order valence-electron chi connectivity index (χ2n) is 4.28. The van der Waals surface area contributed by atoms with Crippen LogP contribution in [-0.2, 0) is 0 Å². The van der Waals surface area contributed by atoms with E-state index in [0.29, 0.717) is 5.84 Å². The first kappa shape index (κ1) is 12.3. The first-order valence-electron chi connectivity index (χ1n) is 6.30. The lowest BCUT2D eigenvalue weighted by Crippen LogP contribution is -1.97. The molecule has 0 aliphatic carbocycles. The summed E-state index contributed by atoms with van der Waals surface area (Å²) in [4.78, 5) is 8.14. The fourth-order valence-electron chi connectivity index (χ4n) is 2.23. The third-order valence-corrected chi connectivity index (χ3v) is 3.08. The van der Waals surface area contributed by atoms with E-state index in [2.05, 4.69) is 9.98 Å². The Morgan fingerprint density at radius 3 is 2.70 bits per heavy atom. The van der Waals surface area contributed by atoms with Gasteiger partial charge in [-0.3, -0.25) is 5.41 Å². The molecule has 1 heterocycles. The largest absolute Gasteiger partial charge is 0.456 e. The standard InChI is InChI=1S/C16H13N3O/c1-2-18-16(19-10-17)11-7-8-13-12-5-3-4-6-14(12)20-15(13)9-11/h2-10,17H,1H3/b17-10?,18-2-,19-16-. The fraction of sp³-hybridized carbons (Fsp3) is 0.0625. The molecule has 4 nitrogen and oxygen atoms in total. The van der Waals surface area contributed by atoms with Crippen LogP contribution in [-0.4, -0.2) is 18.4 Å². The summed E-state index contributed by atoms with van der Waals surface area (Å²) in [7, 11) is 0. The Labute approximate surface area is 116 Å². The summed E-state index contributed by atoms with van der Waals surface area (Å²) in [5.41, 5.74) is 2.50. The number of nitrogens with zero attached hydrogens (tertiary/aromatic N) is 2. The molecule has 3 rings (SSSR count). The van der Waals surface area contributed by atoms with Crippen LogP contribution in [0.3, 0.4) is 0 Å². The average Bonchev–Trinajstić information content (AvgIpc) is 2.84. The van der Waals surface area contributed by atoms with E-state index in [4.69, 9.17) is 9.83 Å². The molecule has 4 heteroatoms. The van der Waals surface area contributed by atoms with Crippen molar-refractivity contribution in [3.8, 4) is 0 Å². The monoisotopic (exact) mass is 263 g/mol. The Kier molecular flexibility index (Phi) is 3.13. The SMILES string of the molecule is C/C=N\C(=N/C=N)c1ccc2c(c1)oc1ccccc12. The zero-order chi connectivity index (χ0) is 13.9. The first-order chi connectivity index (χ1) is 9.83. The van der Waals surface area contributed by atoms with E-state index >= 15 is 0 Å². The van der Waals surface area contributed by atoms with Crippen molar-refractivity contribution in [3.63, 3.8) is 0 Å². The number of furan rings is 1. The molecule has 0 saturated heterocycles. The van der Waals surface area contributed by atoms with E-state index < -0.39 is 0 Å². The van der Waals surface area contributed by atoms with Crippen molar-refractivity contribution in [1.82, 2.24) is 0 Å². The molecular weight excluding hydrogens is 250 g/mol. The molecule has 98 valence electrons. The normalized spacial score (nSPS) is 12.6. The molecule has 0 radical (unpaired) electrons. The van der Waals surface area contributed by atoms with Gasteiger partial charge in [-0.1, -0.05) is 24.3 Å². The quantitative estimate of drug-likeness (QED) is 0.550. The molecule has 20 heavy (non-hydrogen) atoms. The zero-order valence-corrected chi connectivity index (χ0v) is 11.0. The van der Waals surface area contributed by atoms with Crippen LogP contribution in [0.15, 0.2) is 56.9 Å². The summed E-state index contributed by atoms with van der Waals surface area (Å²) in [6.07, 6.45) is 2.65. The number of hydrogen-bond donors (Lipinski definition) is 1. The van der Waals surface area contributed by atoms with Crippen LogP contribution in [0.2, 0.25) is 0 Å². The van der Waals surface area contributed by atoms with E-state index in [-0.39, 0.29) is 0 Å². The van der Waals surface area contributed by atoms with E-state index in [1.54, 1.807) is 6.21 Å². The number of fused-ring (bicyclic) bond motifs is 3. The van der Waals surface area contributed by atoms with Crippen molar-refractivity contribution in [2.75, 3.05) is 0 Å². The van der Waals surface area contributed by atoms with Gasteiger partial charge in [-0.15, -0.1) is 0 Å². The highest BCUT2D eigenvalue weighted by Gasteiger charge is 2.08. The van der Waals surface area contributed by atoms with Gasteiger partial charge in [0.15, 0.2) is 5.84 Å². The summed E-state index contributed by atoms with van der Waals surface area (Å²) in [6, 6.07) is 13.8. The molecule has 0 fully saturated rings. The molecule has 2 aromatic carbocycles. The topological polar surface area (TPSA) is 61.7 Å². The van der Waals surface area contributed by atoms with Crippen LogP contribution in [0, 0.1) is 5.41 Å². The molecule has 0 aliphatic rings. The van der Waals surface area contributed by atoms with Gasteiger partial charge in [0.2, 0.25) is 0 Å². The Morgan fingerprint density at radius 1 is 1.10 bits per heavy atom. The summed E-state index contributed by atoms with van der Waals surface area (Å²) in [5.74, 6) is 0.504. The average molecular weight is 263 g/mol. The molecular formula is C16H13N3O. The molecule has 0 spiro atoms. The van der Waals surface area contributed by atoms with E-state index in [0.717, 1.165) is 33.8 Å². The molecule has 0 atom stereocenters. The van der Waals surface area contributed by atoms with Crippen LogP contribution in [0.4, 0.5) is 0 Å². The third-order valence-electron chi connectivity index (χ3n) is 3.08. The van der Waals surface area contributed by atoms with Gasteiger partial charge in [-0.25, -0.2) is 9.98 Å². The number of aliphatic imine (C=N–C) groups is 2. The Bertz CT molecular complexity index is 843. The maximum absolute atomic E-state index is 7.10. The van der Waals surface area contributed by atoms with Crippen LogP contribution in [0.5, 0.6) is 0 Å². The predicted octanol–water partition coefficient (Wildman–Crippen LogP) is 4.03. The molecule has 0 bridgehead atoms. The fourth-order valence-corrected chi connectivity index (χ4v) is 2.23. The van der Waals surface area contributed by atoms with Crippen LogP contribution >= 0.6 is 0 Å². The minimum Gasteiger partial charge on any atom is -0.456 e. The predicted molar refractivity (Wildman–Crippen MR) is 83.2 cm³/mol. The minimum absolute atomic E-state index is 0.504. The van der Waals surface area contributed by atoms with Gasteiger partial charge in [-0.05, 0) is 25.1 Å². The van der Waals surface area contributed by atoms with Gasteiger partial charge in [0.05, 0.1) is 0 Å². The lowest BCUT2D eigenvalue weighted by Gasteiger charge is -1.99. The lowest BCUT2D eigenvalue weighted by molar-refractivity contribution is 0.669. The number of para-hydroxylation sites is 1. The number of benzene rings is 2. The number of hydrogen-bond acceptors (Lipinski definition) is 2. The van der Waals surface area contributed by atoms with Gasteiger partial charge in [0.1, 0.15) is 17.5 Å². The second-order valence-corrected chi connectivity index (χ2v) is 4.28. The second kappa shape index (κ2) is 5.09. The molecule has 1 aromatic heterocycles. The molecule has 0 amide bonds. The molecule has 1 N–H and O–H groups in total. The summed E-state index contributed by atoms with van der Waals surface area (Å²) in [5, 5.41) is 9.27. The molecule has 0 unspecified atom stereocenters. The van der Waals surface area contributed by atoms with Gasteiger partial charge in [0.25, 0.3) is 0 Å². The summed E-state index contributed by atoms with van der Waals surface area (Å²) in [6.45, 7) is 1.82. The van der Waals surface area contributed by atoms with Crippen molar-refractivity contribution >= 4 is 40.3 Å². The van der Waals surface area contributed by atoms with Crippen molar-refractivity contribution < 1.29 is 4.42 Å². The van der Waals surface area contributed by atoms with E-state index in [1.165, 1.54) is 0 Å². The van der Waals surface area contributed by atoms with Gasteiger partial charge >= 0.3 is 0 Å².